The third-order valence-electron chi connectivity index (χ3n) is 6.80. The number of fused-ring (bicyclic) bond motifs is 1. The number of ether oxygens (including phenoxy) is 1. The van der Waals surface area contributed by atoms with Gasteiger partial charge in [0.05, 0.1) is 12.2 Å². The molecule has 2 amide bonds. The van der Waals surface area contributed by atoms with Crippen molar-refractivity contribution in [2.24, 2.45) is 0 Å². The van der Waals surface area contributed by atoms with E-state index >= 15 is 0 Å². The molecule has 32 heavy (non-hydrogen) atoms. The molecular formula is C27H30N2O3. The molecule has 0 atom stereocenters. The highest BCUT2D eigenvalue weighted by Crippen LogP contribution is 2.40. The first-order valence-corrected chi connectivity index (χ1v) is 11.9. The van der Waals surface area contributed by atoms with E-state index in [1.165, 1.54) is 12.0 Å². The molecule has 2 aromatic rings. The van der Waals surface area contributed by atoms with E-state index in [9.17, 15) is 9.59 Å². The van der Waals surface area contributed by atoms with Gasteiger partial charge in [-0.2, -0.15) is 0 Å². The van der Waals surface area contributed by atoms with Crippen LogP contribution in [0.4, 0.5) is 5.69 Å². The van der Waals surface area contributed by atoms with E-state index in [0.717, 1.165) is 55.5 Å². The summed E-state index contributed by atoms with van der Waals surface area (Å²) in [5.74, 6) is 0.494. The molecule has 3 aliphatic rings. The first-order chi connectivity index (χ1) is 15.7. The normalized spacial score (nSPS) is 19.2. The minimum Gasteiger partial charge on any atom is -0.494 e. The Morgan fingerprint density at radius 3 is 2.44 bits per heavy atom. The van der Waals surface area contributed by atoms with Crippen LogP contribution in [-0.4, -0.2) is 35.9 Å². The van der Waals surface area contributed by atoms with E-state index in [4.69, 9.17) is 4.74 Å². The van der Waals surface area contributed by atoms with Crippen molar-refractivity contribution in [2.45, 2.75) is 57.9 Å². The quantitative estimate of drug-likeness (QED) is 0.609. The molecule has 0 radical (unpaired) electrons. The van der Waals surface area contributed by atoms with Crippen LogP contribution in [0.15, 0.2) is 54.2 Å². The zero-order valence-electron chi connectivity index (χ0n) is 18.7. The number of imide groups is 1. The van der Waals surface area contributed by atoms with E-state index < -0.39 is 0 Å². The van der Waals surface area contributed by atoms with E-state index in [-0.39, 0.29) is 17.9 Å². The molecule has 5 rings (SSSR count). The van der Waals surface area contributed by atoms with Crippen molar-refractivity contribution >= 4 is 23.1 Å². The highest BCUT2D eigenvalue weighted by Gasteiger charge is 2.46. The minimum absolute atomic E-state index is 0.00116. The fourth-order valence-corrected chi connectivity index (χ4v) is 5.22. The molecule has 1 saturated carbocycles. The Morgan fingerprint density at radius 1 is 0.938 bits per heavy atom. The van der Waals surface area contributed by atoms with Crippen molar-refractivity contribution in [2.75, 3.05) is 18.1 Å². The van der Waals surface area contributed by atoms with Gasteiger partial charge in [0.2, 0.25) is 0 Å². The van der Waals surface area contributed by atoms with Crippen LogP contribution in [0.2, 0.25) is 0 Å². The molecule has 5 heteroatoms. The highest BCUT2D eigenvalue weighted by molar-refractivity contribution is 6.37. The molecule has 0 aromatic heterocycles. The fraction of sp³-hybridized carbons (Fsp3) is 0.407. The SMILES string of the molecule is CCCOc1ccc(C2=C(N3CCc4ccccc43)C(=O)N(C3CCCCC3)C2=O)cc1. The monoisotopic (exact) mass is 430 g/mol. The van der Waals surface area contributed by atoms with Gasteiger partial charge >= 0.3 is 0 Å². The van der Waals surface area contributed by atoms with Gasteiger partial charge in [0.25, 0.3) is 11.8 Å². The summed E-state index contributed by atoms with van der Waals surface area (Å²) < 4.78 is 5.72. The zero-order valence-corrected chi connectivity index (χ0v) is 18.7. The lowest BCUT2D eigenvalue weighted by Crippen LogP contribution is -2.43. The van der Waals surface area contributed by atoms with Crippen molar-refractivity contribution in [3.8, 4) is 5.75 Å². The summed E-state index contributed by atoms with van der Waals surface area (Å²) >= 11 is 0. The zero-order chi connectivity index (χ0) is 22.1. The number of benzene rings is 2. The highest BCUT2D eigenvalue weighted by atomic mass is 16.5. The third kappa shape index (κ3) is 3.60. The van der Waals surface area contributed by atoms with Gasteiger partial charge in [0, 0.05) is 18.3 Å². The molecule has 0 saturated heterocycles. The molecule has 2 heterocycles. The average Bonchev–Trinajstić information content (AvgIpc) is 3.36. The van der Waals surface area contributed by atoms with Crippen LogP contribution in [0.5, 0.6) is 5.75 Å². The summed E-state index contributed by atoms with van der Waals surface area (Å²) in [4.78, 5) is 31.2. The number of para-hydroxylation sites is 1. The topological polar surface area (TPSA) is 49.9 Å². The number of carbonyl (C=O) groups is 2. The van der Waals surface area contributed by atoms with Crippen molar-refractivity contribution in [1.29, 1.82) is 0 Å². The smallest absolute Gasteiger partial charge is 0.278 e. The number of rotatable bonds is 6. The van der Waals surface area contributed by atoms with Gasteiger partial charge < -0.3 is 9.64 Å². The van der Waals surface area contributed by atoms with Gasteiger partial charge in [0.15, 0.2) is 0 Å². The average molecular weight is 431 g/mol. The van der Waals surface area contributed by atoms with Crippen molar-refractivity contribution in [3.05, 3.63) is 65.4 Å². The summed E-state index contributed by atoms with van der Waals surface area (Å²) in [6, 6.07) is 15.8. The Labute approximate surface area is 189 Å². The summed E-state index contributed by atoms with van der Waals surface area (Å²) in [6.07, 6.45) is 6.94. The maximum absolute atomic E-state index is 13.8. The van der Waals surface area contributed by atoms with Crippen molar-refractivity contribution in [3.63, 3.8) is 0 Å². The number of amides is 2. The van der Waals surface area contributed by atoms with Gasteiger partial charge in [-0.25, -0.2) is 0 Å². The number of hydrogen-bond donors (Lipinski definition) is 0. The molecule has 166 valence electrons. The molecule has 0 spiro atoms. The van der Waals surface area contributed by atoms with Crippen LogP contribution in [0, 0.1) is 0 Å². The Hall–Kier alpha value is -3.08. The largest absolute Gasteiger partial charge is 0.494 e. The third-order valence-corrected chi connectivity index (χ3v) is 6.80. The van der Waals surface area contributed by atoms with Gasteiger partial charge in [0.1, 0.15) is 11.4 Å². The number of nitrogens with zero attached hydrogens (tertiary/aromatic N) is 2. The molecule has 0 unspecified atom stereocenters. The fourth-order valence-electron chi connectivity index (χ4n) is 5.22. The van der Waals surface area contributed by atoms with Crippen LogP contribution in [0.25, 0.3) is 5.57 Å². The predicted molar refractivity (Wildman–Crippen MR) is 125 cm³/mol. The van der Waals surface area contributed by atoms with Gasteiger partial charge in [-0.1, -0.05) is 56.5 Å². The van der Waals surface area contributed by atoms with Gasteiger partial charge in [-0.05, 0) is 55.0 Å². The van der Waals surface area contributed by atoms with E-state index in [2.05, 4.69) is 24.0 Å². The lowest BCUT2D eigenvalue weighted by Gasteiger charge is -2.30. The van der Waals surface area contributed by atoms with Crippen LogP contribution in [-0.2, 0) is 16.0 Å². The maximum atomic E-state index is 13.8. The second-order valence-electron chi connectivity index (χ2n) is 8.90. The first-order valence-electron chi connectivity index (χ1n) is 11.9. The molecule has 1 fully saturated rings. The molecule has 1 aliphatic carbocycles. The molecule has 2 aromatic carbocycles. The first kappa shape index (κ1) is 20.8. The molecule has 0 N–H and O–H groups in total. The summed E-state index contributed by atoms with van der Waals surface area (Å²) in [6.45, 7) is 3.44. The molecule has 0 bridgehead atoms. The van der Waals surface area contributed by atoms with Crippen molar-refractivity contribution in [1.82, 2.24) is 4.90 Å². The van der Waals surface area contributed by atoms with Crippen LogP contribution in [0.3, 0.4) is 0 Å². The second kappa shape index (κ2) is 8.81. The van der Waals surface area contributed by atoms with Crippen molar-refractivity contribution < 1.29 is 14.3 Å². The van der Waals surface area contributed by atoms with Crippen LogP contribution in [0.1, 0.15) is 56.6 Å². The Morgan fingerprint density at radius 2 is 1.69 bits per heavy atom. The van der Waals surface area contributed by atoms with Crippen LogP contribution >= 0.6 is 0 Å². The molecular weight excluding hydrogens is 400 g/mol. The Bertz CT molecular complexity index is 1050. The summed E-state index contributed by atoms with van der Waals surface area (Å²) in [5.41, 5.74) is 4.10. The lowest BCUT2D eigenvalue weighted by atomic mass is 9.94. The van der Waals surface area contributed by atoms with E-state index in [0.29, 0.717) is 24.4 Å². The van der Waals surface area contributed by atoms with Crippen LogP contribution < -0.4 is 9.64 Å². The number of carbonyl (C=O) groups excluding carboxylic acids is 2. The van der Waals surface area contributed by atoms with E-state index in [1.54, 1.807) is 4.90 Å². The van der Waals surface area contributed by atoms with Gasteiger partial charge in [-0.3, -0.25) is 14.5 Å². The standard InChI is InChI=1S/C27H30N2O3/c1-2-18-32-22-14-12-20(13-15-22)24-25(28-17-16-19-8-6-7-11-23(19)28)27(31)29(26(24)30)21-9-4-3-5-10-21/h6-8,11-15,21H,2-5,9-10,16-18H2,1H3. The molecule has 2 aliphatic heterocycles. The summed E-state index contributed by atoms with van der Waals surface area (Å²) in [5, 5.41) is 0. The lowest BCUT2D eigenvalue weighted by molar-refractivity contribution is -0.140. The van der Waals surface area contributed by atoms with E-state index in [1.807, 2.05) is 36.4 Å². The maximum Gasteiger partial charge on any atom is 0.278 e. The Balaban J connectivity index is 1.56. The van der Waals surface area contributed by atoms with Gasteiger partial charge in [-0.15, -0.1) is 0 Å². The second-order valence-corrected chi connectivity index (χ2v) is 8.90. The summed E-state index contributed by atoms with van der Waals surface area (Å²) in [7, 11) is 0. The number of anilines is 1. The predicted octanol–water partition coefficient (Wildman–Crippen LogP) is 4.95. The Kier molecular flexibility index (Phi) is 5.73. The number of hydrogen-bond acceptors (Lipinski definition) is 4. The molecule has 5 nitrogen and oxygen atoms in total. The minimum atomic E-state index is -0.150.